The Morgan fingerprint density at radius 2 is 1.60 bits per heavy atom. The van der Waals surface area contributed by atoms with Crippen molar-refractivity contribution in [2.24, 2.45) is 0 Å². The van der Waals surface area contributed by atoms with Gasteiger partial charge in [-0.15, -0.1) is 0 Å². The maximum atomic E-state index is 9.27. The predicted octanol–water partition coefficient (Wildman–Crippen LogP) is 4.32. The highest BCUT2D eigenvalue weighted by Gasteiger charge is 2.10. The van der Waals surface area contributed by atoms with Crippen LogP contribution in [0.15, 0.2) is 36.4 Å². The van der Waals surface area contributed by atoms with Crippen molar-refractivity contribution in [1.29, 1.82) is 0 Å². The molecule has 2 aromatic rings. The zero-order chi connectivity index (χ0) is 14.5. The summed E-state index contributed by atoms with van der Waals surface area (Å²) in [6.07, 6.45) is 1.63. The number of phenols is 1. The van der Waals surface area contributed by atoms with Crippen LogP contribution in [0.3, 0.4) is 0 Å². The second-order valence-electron chi connectivity index (χ2n) is 4.31. The molecule has 5 heteroatoms. The van der Waals surface area contributed by atoms with Crippen molar-refractivity contribution >= 4 is 45.2 Å². The first-order valence-corrected chi connectivity index (χ1v) is 8.31. The summed E-state index contributed by atoms with van der Waals surface area (Å²) in [5.74, 6) is 1.74. The van der Waals surface area contributed by atoms with Gasteiger partial charge in [0.15, 0.2) is 5.75 Å². The van der Waals surface area contributed by atoms with Gasteiger partial charge in [0.25, 0.3) is 0 Å². The highest BCUT2D eigenvalue weighted by molar-refractivity contribution is 14.1. The Morgan fingerprint density at radius 1 is 1.00 bits per heavy atom. The van der Waals surface area contributed by atoms with Gasteiger partial charge in [-0.25, -0.2) is 0 Å². The van der Waals surface area contributed by atoms with Gasteiger partial charge in [0.1, 0.15) is 11.5 Å². The number of aliphatic hydroxyl groups is 1. The van der Waals surface area contributed by atoms with E-state index in [1.165, 1.54) is 5.56 Å². The minimum absolute atomic E-state index is 0.207. The molecule has 0 aliphatic heterocycles. The van der Waals surface area contributed by atoms with Crippen molar-refractivity contribution in [3.63, 3.8) is 0 Å². The van der Waals surface area contributed by atoms with E-state index in [4.69, 9.17) is 9.84 Å². The third-order valence-corrected chi connectivity index (χ3v) is 4.34. The van der Waals surface area contributed by atoms with Crippen molar-refractivity contribution in [2.75, 3.05) is 6.61 Å². The first-order chi connectivity index (χ1) is 9.60. The lowest BCUT2D eigenvalue weighted by Gasteiger charge is -2.12. The Kier molecular flexibility index (Phi) is 5.91. The van der Waals surface area contributed by atoms with E-state index in [0.29, 0.717) is 5.75 Å². The number of hydrogen-bond donors (Lipinski definition) is 2. The fourth-order valence-corrected chi connectivity index (χ4v) is 3.89. The third kappa shape index (κ3) is 4.23. The molecule has 0 radical (unpaired) electrons. The van der Waals surface area contributed by atoms with E-state index in [1.54, 1.807) is 24.3 Å². The summed E-state index contributed by atoms with van der Waals surface area (Å²) in [5.41, 5.74) is 1.20. The fourth-order valence-electron chi connectivity index (χ4n) is 1.77. The molecule has 0 fully saturated rings. The molecule has 3 nitrogen and oxygen atoms in total. The Hall–Kier alpha value is -0.540. The standard InChI is InChI=1S/C15H14I2O3/c16-13-8-10(2-1-7-18)9-14(17)15(13)20-12-5-3-11(19)4-6-12/h3-6,8-9,18-19H,1-2,7H2. The first-order valence-electron chi connectivity index (χ1n) is 6.16. The number of aliphatic hydroxyl groups excluding tert-OH is 1. The smallest absolute Gasteiger partial charge is 0.154 e. The van der Waals surface area contributed by atoms with Gasteiger partial charge in [0.2, 0.25) is 0 Å². The summed E-state index contributed by atoms with van der Waals surface area (Å²) in [5, 5.41) is 18.2. The molecule has 106 valence electrons. The molecule has 0 aliphatic rings. The molecule has 2 aromatic carbocycles. The van der Waals surface area contributed by atoms with E-state index < -0.39 is 0 Å². The van der Waals surface area contributed by atoms with Crippen LogP contribution < -0.4 is 4.74 Å². The Morgan fingerprint density at radius 3 is 2.15 bits per heavy atom. The van der Waals surface area contributed by atoms with Crippen molar-refractivity contribution in [3.05, 3.63) is 49.1 Å². The van der Waals surface area contributed by atoms with Crippen molar-refractivity contribution in [3.8, 4) is 17.2 Å². The fraction of sp³-hybridized carbons (Fsp3) is 0.200. The second-order valence-corrected chi connectivity index (χ2v) is 6.64. The molecule has 0 amide bonds. The molecule has 0 bridgehead atoms. The average Bonchev–Trinajstić information content (AvgIpc) is 2.42. The van der Waals surface area contributed by atoms with Gasteiger partial charge in [-0.05, 0) is 100.0 Å². The van der Waals surface area contributed by atoms with Crippen LogP contribution in [0, 0.1) is 7.14 Å². The number of rotatable bonds is 5. The summed E-state index contributed by atoms with van der Waals surface area (Å²) >= 11 is 4.51. The quantitative estimate of drug-likeness (QED) is 0.607. The summed E-state index contributed by atoms with van der Waals surface area (Å²) in [4.78, 5) is 0. The highest BCUT2D eigenvalue weighted by atomic mass is 127. The molecule has 0 spiro atoms. The van der Waals surface area contributed by atoms with Gasteiger partial charge in [0, 0.05) is 6.61 Å². The molecule has 2 N–H and O–H groups in total. The van der Waals surface area contributed by atoms with E-state index in [-0.39, 0.29) is 12.4 Å². The van der Waals surface area contributed by atoms with Gasteiger partial charge in [-0.3, -0.25) is 0 Å². The van der Waals surface area contributed by atoms with Crippen LogP contribution >= 0.6 is 45.2 Å². The third-order valence-electron chi connectivity index (χ3n) is 2.74. The van der Waals surface area contributed by atoms with E-state index in [9.17, 15) is 5.11 Å². The normalized spacial score (nSPS) is 10.6. The van der Waals surface area contributed by atoms with E-state index >= 15 is 0 Å². The zero-order valence-corrected chi connectivity index (χ0v) is 15.0. The molecule has 0 unspecified atom stereocenters. The topological polar surface area (TPSA) is 49.7 Å². The lowest BCUT2D eigenvalue weighted by Crippen LogP contribution is -1.95. The molecule has 0 saturated heterocycles. The molecular weight excluding hydrogens is 482 g/mol. The SMILES string of the molecule is OCCCc1cc(I)c(Oc2ccc(O)cc2)c(I)c1. The van der Waals surface area contributed by atoms with Crippen molar-refractivity contribution in [2.45, 2.75) is 12.8 Å². The Balaban J connectivity index is 2.21. The largest absolute Gasteiger partial charge is 0.508 e. The molecule has 0 atom stereocenters. The maximum absolute atomic E-state index is 9.27. The second kappa shape index (κ2) is 7.46. The number of ether oxygens (including phenoxy) is 1. The van der Waals surface area contributed by atoms with E-state index in [1.807, 2.05) is 0 Å². The zero-order valence-electron chi connectivity index (χ0n) is 10.6. The monoisotopic (exact) mass is 496 g/mol. The minimum Gasteiger partial charge on any atom is -0.508 e. The van der Waals surface area contributed by atoms with Gasteiger partial charge in [-0.1, -0.05) is 0 Å². The summed E-state index contributed by atoms with van der Waals surface area (Å²) in [7, 11) is 0. The Labute approximate surface area is 145 Å². The highest BCUT2D eigenvalue weighted by Crippen LogP contribution is 2.33. The van der Waals surface area contributed by atoms with Crippen LogP contribution in [0.1, 0.15) is 12.0 Å². The molecule has 20 heavy (non-hydrogen) atoms. The molecule has 0 aliphatic carbocycles. The van der Waals surface area contributed by atoms with Crippen molar-refractivity contribution < 1.29 is 14.9 Å². The molecule has 0 saturated carbocycles. The van der Waals surface area contributed by atoms with Gasteiger partial charge in [0.05, 0.1) is 7.14 Å². The molecule has 2 rings (SSSR count). The number of hydrogen-bond acceptors (Lipinski definition) is 3. The molecule has 0 heterocycles. The van der Waals surface area contributed by atoms with E-state index in [2.05, 4.69) is 57.3 Å². The number of halogens is 2. The summed E-state index contributed by atoms with van der Waals surface area (Å²) < 4.78 is 7.95. The van der Waals surface area contributed by atoms with Gasteiger partial charge < -0.3 is 14.9 Å². The van der Waals surface area contributed by atoms with Crippen LogP contribution in [-0.2, 0) is 6.42 Å². The lowest BCUT2D eigenvalue weighted by molar-refractivity contribution is 0.288. The van der Waals surface area contributed by atoms with Crippen LogP contribution in [-0.4, -0.2) is 16.8 Å². The molecular formula is C15H14I2O3. The Bertz CT molecular complexity index is 559. The van der Waals surface area contributed by atoms with Crippen LogP contribution in [0.5, 0.6) is 17.2 Å². The minimum atomic E-state index is 0.207. The number of aromatic hydroxyl groups is 1. The maximum Gasteiger partial charge on any atom is 0.154 e. The van der Waals surface area contributed by atoms with Gasteiger partial charge in [-0.2, -0.15) is 0 Å². The van der Waals surface area contributed by atoms with Crippen molar-refractivity contribution in [1.82, 2.24) is 0 Å². The number of phenolic OH excluding ortho intramolecular Hbond substituents is 1. The van der Waals surface area contributed by atoms with Crippen LogP contribution in [0.25, 0.3) is 0 Å². The van der Waals surface area contributed by atoms with Crippen LogP contribution in [0.4, 0.5) is 0 Å². The first kappa shape index (κ1) is 15.8. The predicted molar refractivity (Wildman–Crippen MR) is 95.5 cm³/mol. The van der Waals surface area contributed by atoms with Crippen LogP contribution in [0.2, 0.25) is 0 Å². The van der Waals surface area contributed by atoms with Gasteiger partial charge >= 0.3 is 0 Å². The molecule has 0 aromatic heterocycles. The average molecular weight is 496 g/mol. The number of aryl methyl sites for hydroxylation is 1. The van der Waals surface area contributed by atoms with E-state index in [0.717, 1.165) is 25.7 Å². The summed E-state index contributed by atoms with van der Waals surface area (Å²) in [6, 6.07) is 10.8. The number of benzene rings is 2. The summed E-state index contributed by atoms with van der Waals surface area (Å²) in [6.45, 7) is 0.207. The lowest BCUT2D eigenvalue weighted by atomic mass is 10.1.